The number of hydrogen-bond donors (Lipinski definition) is 3. The highest BCUT2D eigenvalue weighted by molar-refractivity contribution is 5.66. The molecule has 4 nitrogen and oxygen atoms in total. The molecule has 0 fully saturated rings. The second-order valence-corrected chi connectivity index (χ2v) is 5.54. The zero-order chi connectivity index (χ0) is 20.2. The molecule has 0 heterocycles. The normalized spacial score (nSPS) is 18.3. The van der Waals surface area contributed by atoms with Crippen LogP contribution in [0.2, 0.25) is 0 Å². The van der Waals surface area contributed by atoms with E-state index in [1.54, 1.807) is 0 Å². The Morgan fingerprint density at radius 1 is 1.05 bits per heavy atom. The smallest absolute Gasteiger partial charge is 0.303 e. The molecule has 0 spiro atoms. The van der Waals surface area contributed by atoms with E-state index in [9.17, 15) is 15.0 Å². The molecule has 0 amide bonds. The molecule has 22 heavy (non-hydrogen) atoms. The third-order valence-corrected chi connectivity index (χ3v) is 3.46. The van der Waals surface area contributed by atoms with E-state index in [2.05, 4.69) is 6.92 Å². The molecule has 0 aromatic carbocycles. The van der Waals surface area contributed by atoms with Crippen molar-refractivity contribution in [3.05, 3.63) is 12.2 Å². The molecular formula is C18H34O4. The SMILES string of the molecule is [2H]C([2H])(CCCCC/C=C\CC(O)C(O)CCCCC)C([2H])([2H])C(=O)O. The molecule has 0 aromatic heterocycles. The number of aliphatic carboxylic acids is 1. The predicted octanol–water partition coefficient (Wildman–Crippen LogP) is 4.05. The maximum atomic E-state index is 10.8. The maximum absolute atomic E-state index is 10.8. The standard InChI is InChI=1S/C18H34O4/c1-2-3-10-13-16(19)17(20)14-11-8-6-4-5-7-9-12-15-18(21)22/h8,11,16-17,19-20H,2-7,9-10,12-15H2,1H3,(H,21,22)/b11-8-/i12D2,15D2. The summed E-state index contributed by atoms with van der Waals surface area (Å²) < 4.78 is 29.8. The molecule has 4 heteroatoms. The fourth-order valence-corrected chi connectivity index (χ4v) is 2.10. The summed E-state index contributed by atoms with van der Waals surface area (Å²) in [5.74, 6) is -1.78. The van der Waals surface area contributed by atoms with Gasteiger partial charge in [-0.3, -0.25) is 4.79 Å². The molecule has 2 atom stereocenters. The second kappa shape index (κ2) is 15.0. The van der Waals surface area contributed by atoms with Crippen LogP contribution < -0.4 is 0 Å². The highest BCUT2D eigenvalue weighted by Crippen LogP contribution is 2.11. The lowest BCUT2D eigenvalue weighted by Gasteiger charge is -2.15. The van der Waals surface area contributed by atoms with Crippen LogP contribution in [-0.4, -0.2) is 33.5 Å². The van der Waals surface area contributed by atoms with Crippen molar-refractivity contribution in [3.63, 3.8) is 0 Å². The molecule has 0 aromatic rings. The minimum Gasteiger partial charge on any atom is -0.481 e. The van der Waals surface area contributed by atoms with Gasteiger partial charge in [-0.1, -0.05) is 57.6 Å². The van der Waals surface area contributed by atoms with E-state index in [1.165, 1.54) is 0 Å². The van der Waals surface area contributed by atoms with Gasteiger partial charge in [0.1, 0.15) is 0 Å². The topological polar surface area (TPSA) is 77.8 Å². The van der Waals surface area contributed by atoms with Gasteiger partial charge in [0.2, 0.25) is 0 Å². The Balaban J connectivity index is 3.90. The quantitative estimate of drug-likeness (QED) is 0.314. The molecule has 0 radical (unpaired) electrons. The monoisotopic (exact) mass is 318 g/mol. The van der Waals surface area contributed by atoms with Crippen molar-refractivity contribution >= 4 is 5.97 Å². The second-order valence-electron chi connectivity index (χ2n) is 5.54. The fraction of sp³-hybridized carbons (Fsp3) is 0.833. The number of carboxylic acid groups (broad SMARTS) is 1. The summed E-state index contributed by atoms with van der Waals surface area (Å²) in [4.78, 5) is 10.8. The number of aliphatic hydroxyl groups excluding tert-OH is 2. The van der Waals surface area contributed by atoms with Crippen LogP contribution in [0.15, 0.2) is 12.2 Å². The molecule has 0 aliphatic rings. The molecular weight excluding hydrogens is 280 g/mol. The van der Waals surface area contributed by atoms with Crippen LogP contribution in [0.5, 0.6) is 0 Å². The van der Waals surface area contributed by atoms with Gasteiger partial charge in [0.25, 0.3) is 0 Å². The first-order valence-electron chi connectivity index (χ1n) is 10.3. The van der Waals surface area contributed by atoms with E-state index in [4.69, 9.17) is 10.6 Å². The van der Waals surface area contributed by atoms with Crippen LogP contribution >= 0.6 is 0 Å². The number of aliphatic hydroxyl groups is 2. The fourth-order valence-electron chi connectivity index (χ4n) is 2.10. The Bertz CT molecular complexity index is 427. The van der Waals surface area contributed by atoms with E-state index in [1.807, 2.05) is 12.2 Å². The molecule has 0 aliphatic heterocycles. The van der Waals surface area contributed by atoms with Crippen molar-refractivity contribution in [1.29, 1.82) is 0 Å². The van der Waals surface area contributed by atoms with Crippen molar-refractivity contribution in [2.75, 3.05) is 0 Å². The Morgan fingerprint density at radius 2 is 1.77 bits per heavy atom. The molecule has 0 rings (SSSR count). The van der Waals surface area contributed by atoms with Crippen molar-refractivity contribution in [3.8, 4) is 0 Å². The zero-order valence-electron chi connectivity index (χ0n) is 17.6. The lowest BCUT2D eigenvalue weighted by Crippen LogP contribution is -2.25. The predicted molar refractivity (Wildman–Crippen MR) is 89.9 cm³/mol. The Kier molecular flexibility index (Phi) is 10.1. The first kappa shape index (κ1) is 14.7. The lowest BCUT2D eigenvalue weighted by atomic mass is 10.0. The summed E-state index contributed by atoms with van der Waals surface area (Å²) in [5.41, 5.74) is 0. The van der Waals surface area contributed by atoms with Crippen molar-refractivity contribution in [2.24, 2.45) is 0 Å². The molecule has 2 unspecified atom stereocenters. The van der Waals surface area contributed by atoms with E-state index in [0.717, 1.165) is 32.1 Å². The average molecular weight is 318 g/mol. The van der Waals surface area contributed by atoms with Gasteiger partial charge in [0.15, 0.2) is 0 Å². The number of unbranched alkanes of at least 4 members (excludes halogenated alkanes) is 5. The summed E-state index contributed by atoms with van der Waals surface area (Å²) >= 11 is 0. The van der Waals surface area contributed by atoms with Gasteiger partial charge in [-0.2, -0.15) is 0 Å². The van der Waals surface area contributed by atoms with Gasteiger partial charge in [-0.15, -0.1) is 0 Å². The van der Waals surface area contributed by atoms with Crippen LogP contribution in [-0.2, 0) is 4.79 Å². The van der Waals surface area contributed by atoms with Crippen LogP contribution in [0.3, 0.4) is 0 Å². The largest absolute Gasteiger partial charge is 0.481 e. The summed E-state index contributed by atoms with van der Waals surface area (Å²) in [5, 5.41) is 28.4. The third-order valence-electron chi connectivity index (χ3n) is 3.46. The van der Waals surface area contributed by atoms with Gasteiger partial charge >= 0.3 is 5.97 Å². The van der Waals surface area contributed by atoms with E-state index >= 15 is 0 Å². The van der Waals surface area contributed by atoms with Gasteiger partial charge in [-0.25, -0.2) is 0 Å². The minimum atomic E-state index is -2.89. The Morgan fingerprint density at radius 3 is 2.45 bits per heavy atom. The van der Waals surface area contributed by atoms with Crippen LogP contribution in [0.25, 0.3) is 0 Å². The first-order chi connectivity index (χ1) is 12.1. The molecule has 0 bridgehead atoms. The number of hydrogen-bond acceptors (Lipinski definition) is 3. The van der Waals surface area contributed by atoms with Gasteiger partial charge < -0.3 is 15.3 Å². The van der Waals surface area contributed by atoms with Gasteiger partial charge in [-0.05, 0) is 32.1 Å². The van der Waals surface area contributed by atoms with Gasteiger partial charge in [0.05, 0.1) is 12.2 Å². The van der Waals surface area contributed by atoms with Crippen LogP contribution in [0, 0.1) is 0 Å². The summed E-state index contributed by atoms with van der Waals surface area (Å²) in [6.45, 7) is 2.09. The van der Waals surface area contributed by atoms with E-state index < -0.39 is 30.9 Å². The molecule has 3 N–H and O–H groups in total. The Labute approximate surface area is 140 Å². The van der Waals surface area contributed by atoms with E-state index in [0.29, 0.717) is 25.7 Å². The van der Waals surface area contributed by atoms with Crippen molar-refractivity contribution < 1.29 is 25.6 Å². The number of rotatable bonds is 15. The van der Waals surface area contributed by atoms with E-state index in [-0.39, 0.29) is 6.42 Å². The Hall–Kier alpha value is -0.870. The van der Waals surface area contributed by atoms with Crippen molar-refractivity contribution in [2.45, 2.75) is 96.1 Å². The zero-order valence-corrected chi connectivity index (χ0v) is 13.6. The number of allylic oxidation sites excluding steroid dienone is 1. The minimum absolute atomic E-state index is 0.140. The van der Waals surface area contributed by atoms with Crippen molar-refractivity contribution in [1.82, 2.24) is 0 Å². The molecule has 0 saturated carbocycles. The highest BCUT2D eigenvalue weighted by Gasteiger charge is 2.13. The average Bonchev–Trinajstić information content (AvgIpc) is 2.56. The maximum Gasteiger partial charge on any atom is 0.303 e. The molecule has 0 saturated heterocycles. The first-order valence-corrected chi connectivity index (χ1v) is 8.30. The third kappa shape index (κ3) is 14.1. The lowest BCUT2D eigenvalue weighted by molar-refractivity contribution is -0.137. The van der Waals surface area contributed by atoms with Crippen LogP contribution in [0.4, 0.5) is 0 Å². The number of carboxylic acids is 1. The molecule has 0 aliphatic carbocycles. The summed E-state index contributed by atoms with van der Waals surface area (Å²) in [7, 11) is 0. The molecule has 130 valence electrons. The summed E-state index contributed by atoms with van der Waals surface area (Å²) in [6, 6.07) is 0. The summed E-state index contributed by atoms with van der Waals surface area (Å²) in [6.07, 6.45) is 3.49. The van der Waals surface area contributed by atoms with Crippen LogP contribution in [0.1, 0.15) is 89.4 Å². The highest BCUT2D eigenvalue weighted by atomic mass is 16.4. The number of carbonyl (C=O) groups is 1. The van der Waals surface area contributed by atoms with Gasteiger partial charge in [0, 0.05) is 11.9 Å².